The van der Waals surface area contributed by atoms with Gasteiger partial charge in [-0.1, -0.05) is 49.4 Å². The fourth-order valence-corrected chi connectivity index (χ4v) is 7.02. The molecular weight excluding hydrogens is 508 g/mol. The number of carbonyl (C=O) groups excluding carboxylic acids is 3. The molecule has 1 aromatic rings. The first-order chi connectivity index (χ1) is 19.4. The van der Waals surface area contributed by atoms with E-state index >= 15 is 0 Å². The number of esters is 1. The van der Waals surface area contributed by atoms with E-state index in [-0.39, 0.29) is 25.0 Å². The van der Waals surface area contributed by atoms with Crippen molar-refractivity contribution in [3.8, 4) is 0 Å². The van der Waals surface area contributed by atoms with Crippen molar-refractivity contribution in [1.82, 2.24) is 9.80 Å². The molecule has 0 aromatic heterocycles. The minimum atomic E-state index is -1.08. The minimum absolute atomic E-state index is 0.0783. The normalized spacial score (nSPS) is 28.4. The summed E-state index contributed by atoms with van der Waals surface area (Å²) in [6.45, 7) is 11.0. The molecule has 3 heterocycles. The number of rotatable bonds is 16. The van der Waals surface area contributed by atoms with E-state index in [0.29, 0.717) is 58.2 Å². The summed E-state index contributed by atoms with van der Waals surface area (Å²) in [6, 6.07) is 8.91. The van der Waals surface area contributed by atoms with Crippen LogP contribution in [0, 0.1) is 11.8 Å². The van der Waals surface area contributed by atoms with Crippen LogP contribution in [0.5, 0.6) is 0 Å². The number of hydrogen-bond acceptors (Lipinski definition) is 6. The first-order valence-corrected chi connectivity index (χ1v) is 14.7. The highest BCUT2D eigenvalue weighted by molar-refractivity contribution is 5.98. The maximum atomic E-state index is 14.5. The molecule has 8 nitrogen and oxygen atoms in total. The van der Waals surface area contributed by atoms with Gasteiger partial charge in [0.15, 0.2) is 0 Å². The third kappa shape index (κ3) is 5.48. The molecule has 0 aliphatic carbocycles. The number of allylic oxidation sites excluding steroid dienone is 1. The third-order valence-electron chi connectivity index (χ3n) is 8.90. The Morgan fingerprint density at radius 3 is 2.60 bits per heavy atom. The molecule has 1 aromatic carbocycles. The van der Waals surface area contributed by atoms with Crippen LogP contribution in [0.15, 0.2) is 55.6 Å². The van der Waals surface area contributed by atoms with Crippen LogP contribution in [0.3, 0.4) is 0 Å². The lowest BCUT2D eigenvalue weighted by Gasteiger charge is -2.37. The Kier molecular flexibility index (Phi) is 9.85. The number of aliphatic hydroxyl groups is 1. The molecule has 0 radical (unpaired) electrons. The summed E-state index contributed by atoms with van der Waals surface area (Å²) < 4.78 is 12.5. The van der Waals surface area contributed by atoms with Crippen molar-refractivity contribution < 1.29 is 29.0 Å². The van der Waals surface area contributed by atoms with E-state index in [0.717, 1.165) is 18.4 Å². The lowest BCUT2D eigenvalue weighted by molar-refractivity contribution is -0.162. The Balaban J connectivity index is 1.69. The molecular formula is C32H44N2O6. The van der Waals surface area contributed by atoms with Gasteiger partial charge in [-0.2, -0.15) is 0 Å². The second-order valence-corrected chi connectivity index (χ2v) is 11.2. The van der Waals surface area contributed by atoms with E-state index < -0.39 is 35.0 Å². The highest BCUT2D eigenvalue weighted by atomic mass is 16.6. The van der Waals surface area contributed by atoms with Gasteiger partial charge in [0.05, 0.1) is 18.1 Å². The topological polar surface area (TPSA) is 96.4 Å². The van der Waals surface area contributed by atoms with Crippen LogP contribution in [-0.4, -0.2) is 76.2 Å². The molecule has 1 spiro atoms. The molecule has 3 aliphatic rings. The van der Waals surface area contributed by atoms with Crippen LogP contribution in [0.2, 0.25) is 0 Å². The second-order valence-electron chi connectivity index (χ2n) is 11.2. The largest absolute Gasteiger partial charge is 0.465 e. The summed E-state index contributed by atoms with van der Waals surface area (Å²) >= 11 is 0. The Morgan fingerprint density at radius 1 is 1.15 bits per heavy atom. The van der Waals surface area contributed by atoms with Crippen LogP contribution in [0.4, 0.5) is 0 Å². The smallest absolute Gasteiger partial charge is 0.312 e. The summed E-state index contributed by atoms with van der Waals surface area (Å²) in [5, 5.41) is 9.27. The quantitative estimate of drug-likeness (QED) is 0.189. The predicted octanol–water partition coefficient (Wildman–Crippen LogP) is 4.03. The zero-order valence-corrected chi connectivity index (χ0v) is 23.8. The van der Waals surface area contributed by atoms with Crippen molar-refractivity contribution in [1.29, 1.82) is 0 Å². The summed E-state index contributed by atoms with van der Waals surface area (Å²) in [5.74, 6) is -2.31. The summed E-state index contributed by atoms with van der Waals surface area (Å²) in [6.07, 6.45) is 8.58. The molecule has 5 atom stereocenters. The van der Waals surface area contributed by atoms with E-state index in [1.54, 1.807) is 22.0 Å². The number of ether oxygens (including phenoxy) is 2. The van der Waals surface area contributed by atoms with Crippen LogP contribution in [-0.2, 0) is 30.4 Å². The number of benzene rings is 1. The molecule has 3 saturated heterocycles. The average Bonchev–Trinajstić information content (AvgIpc) is 3.57. The fourth-order valence-electron chi connectivity index (χ4n) is 7.02. The van der Waals surface area contributed by atoms with Gasteiger partial charge in [0.1, 0.15) is 17.6 Å². The maximum Gasteiger partial charge on any atom is 0.312 e. The Bertz CT molecular complexity index is 1080. The monoisotopic (exact) mass is 552 g/mol. The van der Waals surface area contributed by atoms with Gasteiger partial charge in [0.2, 0.25) is 11.8 Å². The Morgan fingerprint density at radius 2 is 1.93 bits per heavy atom. The van der Waals surface area contributed by atoms with Crippen molar-refractivity contribution in [2.24, 2.45) is 11.8 Å². The number of nitrogens with zero attached hydrogens (tertiary/aromatic N) is 2. The van der Waals surface area contributed by atoms with E-state index in [9.17, 15) is 19.5 Å². The molecule has 2 unspecified atom stereocenters. The molecule has 218 valence electrons. The van der Waals surface area contributed by atoms with E-state index in [4.69, 9.17) is 9.47 Å². The van der Waals surface area contributed by atoms with Gasteiger partial charge in [0.25, 0.3) is 0 Å². The van der Waals surface area contributed by atoms with Gasteiger partial charge < -0.3 is 24.4 Å². The fraction of sp³-hybridized carbons (Fsp3) is 0.594. The van der Waals surface area contributed by atoms with Gasteiger partial charge in [-0.3, -0.25) is 14.4 Å². The van der Waals surface area contributed by atoms with Crippen molar-refractivity contribution in [3.63, 3.8) is 0 Å². The lowest BCUT2D eigenvalue weighted by Crippen LogP contribution is -2.56. The van der Waals surface area contributed by atoms with Crippen molar-refractivity contribution in [2.45, 2.75) is 82.1 Å². The Hall–Kier alpha value is -2.97. The lowest BCUT2D eigenvalue weighted by atomic mass is 9.65. The van der Waals surface area contributed by atoms with Crippen molar-refractivity contribution >= 4 is 17.8 Å². The van der Waals surface area contributed by atoms with Gasteiger partial charge in [0, 0.05) is 26.2 Å². The van der Waals surface area contributed by atoms with E-state index in [2.05, 4.69) is 13.2 Å². The standard InChI is InChI=1S/C32H44N2O6/c1-4-7-14-22-39-30(38)26-25-28(36)34(20-12-9-13-21-35)27(32(25)18-17-31(26,6-3)40-32)29(37)33(19-5-2)23-24-15-10-8-11-16-24/h4-5,8,10-11,15-16,25-27,35H,1-2,6-7,9,12-14,17-23H2,3H3/t25-,26+,27?,31-,32?/m0/s1. The van der Waals surface area contributed by atoms with Gasteiger partial charge in [-0.05, 0) is 56.9 Å². The highest BCUT2D eigenvalue weighted by Crippen LogP contribution is 2.64. The molecule has 1 N–H and O–H groups in total. The molecule has 3 fully saturated rings. The summed E-state index contributed by atoms with van der Waals surface area (Å²) in [7, 11) is 0. The maximum absolute atomic E-state index is 14.5. The molecule has 2 bridgehead atoms. The van der Waals surface area contributed by atoms with Crippen LogP contribution in [0.1, 0.15) is 63.9 Å². The first-order valence-electron chi connectivity index (χ1n) is 14.7. The number of unbranched alkanes of at least 4 members (excludes halogenated alkanes) is 3. The van der Waals surface area contributed by atoms with Gasteiger partial charge >= 0.3 is 5.97 Å². The molecule has 8 heteroatoms. The summed E-state index contributed by atoms with van der Waals surface area (Å²) in [5.41, 5.74) is -0.921. The van der Waals surface area contributed by atoms with E-state index in [1.807, 2.05) is 37.3 Å². The zero-order chi connectivity index (χ0) is 28.8. The number of fused-ring (bicyclic) bond motifs is 1. The number of likely N-dealkylation sites (tertiary alicyclic amines) is 1. The number of carbonyl (C=O) groups is 3. The van der Waals surface area contributed by atoms with Crippen LogP contribution < -0.4 is 0 Å². The second kappa shape index (κ2) is 13.1. The molecule has 2 amide bonds. The average molecular weight is 553 g/mol. The zero-order valence-electron chi connectivity index (χ0n) is 23.8. The number of aliphatic hydroxyl groups excluding tert-OH is 1. The van der Waals surface area contributed by atoms with Crippen molar-refractivity contribution in [3.05, 3.63) is 61.2 Å². The first kappa shape index (κ1) is 30.0. The minimum Gasteiger partial charge on any atom is -0.465 e. The van der Waals surface area contributed by atoms with Gasteiger partial charge in [-0.15, -0.1) is 13.2 Å². The predicted molar refractivity (Wildman–Crippen MR) is 152 cm³/mol. The number of hydrogen-bond donors (Lipinski definition) is 1. The van der Waals surface area contributed by atoms with Crippen LogP contribution in [0.25, 0.3) is 0 Å². The van der Waals surface area contributed by atoms with Gasteiger partial charge in [-0.25, -0.2) is 0 Å². The molecule has 40 heavy (non-hydrogen) atoms. The van der Waals surface area contributed by atoms with Crippen molar-refractivity contribution in [2.75, 3.05) is 26.3 Å². The van der Waals surface area contributed by atoms with E-state index in [1.165, 1.54) is 0 Å². The highest BCUT2D eigenvalue weighted by Gasteiger charge is 2.79. The third-order valence-corrected chi connectivity index (χ3v) is 8.90. The number of amides is 2. The molecule has 0 saturated carbocycles. The molecule has 3 aliphatic heterocycles. The Labute approximate surface area is 238 Å². The SMILES string of the molecule is C=CCCCOC(=O)[C@H]1[C@H]2C(=O)N(CCCCCO)C(C(=O)N(CC=C)Cc3ccccc3)C23CC[C@]1(CC)O3. The summed E-state index contributed by atoms with van der Waals surface area (Å²) in [4.78, 5) is 45.6. The molecule has 4 rings (SSSR count). The van der Waals surface area contributed by atoms with Crippen LogP contribution >= 0.6 is 0 Å².